The van der Waals surface area contributed by atoms with Crippen LogP contribution in [0.25, 0.3) is 16.9 Å². The van der Waals surface area contributed by atoms with Crippen molar-refractivity contribution in [2.24, 2.45) is 5.92 Å². The van der Waals surface area contributed by atoms with Crippen LogP contribution in [-0.4, -0.2) is 46.5 Å². The first kappa shape index (κ1) is 22.0. The largest absolute Gasteiger partial charge is 0.391 e. The fourth-order valence-electron chi connectivity index (χ4n) is 3.44. The highest BCUT2D eigenvalue weighted by atomic mass is 35.5. The van der Waals surface area contributed by atoms with Crippen LogP contribution in [-0.2, 0) is 0 Å². The summed E-state index contributed by atoms with van der Waals surface area (Å²) in [6.07, 6.45) is 1.19. The summed E-state index contributed by atoms with van der Waals surface area (Å²) in [6, 6.07) is 13.7. The minimum Gasteiger partial charge on any atom is -0.391 e. The Morgan fingerprint density at radius 1 is 1.20 bits per heavy atom. The molecule has 2 unspecified atom stereocenters. The molecule has 158 valence electrons. The Morgan fingerprint density at radius 2 is 1.90 bits per heavy atom. The summed E-state index contributed by atoms with van der Waals surface area (Å²) >= 11 is 0. The van der Waals surface area contributed by atoms with Gasteiger partial charge in [-0.1, -0.05) is 29.8 Å². The van der Waals surface area contributed by atoms with Gasteiger partial charge in [0.2, 0.25) is 0 Å². The van der Waals surface area contributed by atoms with E-state index in [1.807, 2.05) is 31.2 Å². The zero-order valence-electron chi connectivity index (χ0n) is 16.5. The SMILES string of the molecule is Cc1ccc(-c2nn(-c3ccc(F)cc3)cc2C(=O)NCC2CNCC2O)cc1.Cl. The zero-order valence-corrected chi connectivity index (χ0v) is 17.3. The van der Waals surface area contributed by atoms with Crippen LogP contribution in [0.15, 0.2) is 54.7 Å². The van der Waals surface area contributed by atoms with E-state index in [9.17, 15) is 14.3 Å². The summed E-state index contributed by atoms with van der Waals surface area (Å²) in [6.45, 7) is 3.58. The second-order valence-electron chi connectivity index (χ2n) is 7.37. The first-order valence-electron chi connectivity index (χ1n) is 9.61. The van der Waals surface area contributed by atoms with E-state index >= 15 is 0 Å². The average Bonchev–Trinajstić information content (AvgIpc) is 3.34. The molecule has 0 bridgehead atoms. The molecule has 0 radical (unpaired) electrons. The van der Waals surface area contributed by atoms with Gasteiger partial charge in [0.25, 0.3) is 5.91 Å². The van der Waals surface area contributed by atoms with Crippen LogP contribution >= 0.6 is 12.4 Å². The van der Waals surface area contributed by atoms with Gasteiger partial charge in [-0.05, 0) is 31.2 Å². The smallest absolute Gasteiger partial charge is 0.255 e. The highest BCUT2D eigenvalue weighted by molar-refractivity contribution is 6.00. The molecule has 1 aromatic heterocycles. The average molecular weight is 431 g/mol. The van der Waals surface area contributed by atoms with Gasteiger partial charge in [-0.2, -0.15) is 5.10 Å². The van der Waals surface area contributed by atoms with E-state index < -0.39 is 6.10 Å². The lowest BCUT2D eigenvalue weighted by Gasteiger charge is -2.14. The molecule has 6 nitrogen and oxygen atoms in total. The van der Waals surface area contributed by atoms with E-state index in [1.54, 1.807) is 23.0 Å². The molecule has 30 heavy (non-hydrogen) atoms. The van der Waals surface area contributed by atoms with Gasteiger partial charge in [0.05, 0.1) is 17.4 Å². The van der Waals surface area contributed by atoms with Crippen molar-refractivity contribution in [3.63, 3.8) is 0 Å². The third-order valence-electron chi connectivity index (χ3n) is 5.20. The molecule has 2 heterocycles. The summed E-state index contributed by atoms with van der Waals surface area (Å²) in [5.41, 5.74) is 3.58. The van der Waals surface area contributed by atoms with Crippen molar-refractivity contribution in [2.45, 2.75) is 13.0 Å². The molecule has 0 spiro atoms. The number of carbonyl (C=O) groups excluding carboxylic acids is 1. The standard InChI is InChI=1S/C22H23FN4O2.ClH/c1-14-2-4-15(5-3-14)21-19(22(29)25-11-16-10-24-12-20(16)28)13-27(26-21)18-8-6-17(23)7-9-18;/h2-9,13,16,20,24,28H,10-12H2,1H3,(H,25,29);1H. The predicted molar refractivity (Wildman–Crippen MR) is 116 cm³/mol. The van der Waals surface area contributed by atoms with Crippen molar-refractivity contribution in [3.8, 4) is 16.9 Å². The maximum atomic E-state index is 13.3. The Bertz CT molecular complexity index is 1000. The minimum absolute atomic E-state index is 0. The number of hydrogen-bond donors (Lipinski definition) is 3. The molecule has 1 amide bonds. The van der Waals surface area contributed by atoms with Gasteiger partial charge in [-0.15, -0.1) is 12.4 Å². The zero-order chi connectivity index (χ0) is 20.4. The number of aromatic nitrogens is 2. The number of nitrogens with zero attached hydrogens (tertiary/aromatic N) is 2. The number of nitrogens with one attached hydrogen (secondary N) is 2. The number of aryl methyl sites for hydroxylation is 1. The topological polar surface area (TPSA) is 79.2 Å². The Balaban J connectivity index is 0.00000256. The van der Waals surface area contributed by atoms with Crippen LogP contribution < -0.4 is 10.6 Å². The van der Waals surface area contributed by atoms with Gasteiger partial charge in [-0.3, -0.25) is 4.79 Å². The number of rotatable bonds is 5. The summed E-state index contributed by atoms with van der Waals surface area (Å²) in [5, 5.41) is 20.6. The third-order valence-corrected chi connectivity index (χ3v) is 5.20. The molecule has 0 aliphatic carbocycles. The van der Waals surface area contributed by atoms with Crippen molar-refractivity contribution in [1.29, 1.82) is 0 Å². The van der Waals surface area contributed by atoms with Crippen LogP contribution in [0.4, 0.5) is 4.39 Å². The van der Waals surface area contributed by atoms with Crippen molar-refractivity contribution in [1.82, 2.24) is 20.4 Å². The fraction of sp³-hybridized carbons (Fsp3) is 0.273. The number of amides is 1. The lowest BCUT2D eigenvalue weighted by molar-refractivity contribution is 0.0927. The number of aliphatic hydroxyl groups is 1. The molecular formula is C22H24ClFN4O2. The van der Waals surface area contributed by atoms with Gasteiger partial charge in [0.15, 0.2) is 0 Å². The number of benzene rings is 2. The molecule has 1 saturated heterocycles. The maximum Gasteiger partial charge on any atom is 0.255 e. The maximum absolute atomic E-state index is 13.3. The van der Waals surface area contributed by atoms with Gasteiger partial charge >= 0.3 is 0 Å². The van der Waals surface area contributed by atoms with E-state index in [0.717, 1.165) is 11.1 Å². The molecule has 1 fully saturated rings. The summed E-state index contributed by atoms with van der Waals surface area (Å²) in [7, 11) is 0. The molecule has 2 atom stereocenters. The molecule has 3 aromatic rings. The van der Waals surface area contributed by atoms with Crippen molar-refractivity contribution in [3.05, 3.63) is 71.7 Å². The molecular weight excluding hydrogens is 407 g/mol. The van der Waals surface area contributed by atoms with Gasteiger partial charge < -0.3 is 15.7 Å². The van der Waals surface area contributed by atoms with Crippen molar-refractivity contribution >= 4 is 18.3 Å². The molecule has 3 N–H and O–H groups in total. The van der Waals surface area contributed by atoms with Crippen LogP contribution in [0.5, 0.6) is 0 Å². The molecule has 8 heteroatoms. The Hall–Kier alpha value is -2.74. The molecule has 4 rings (SSSR count). The minimum atomic E-state index is -0.464. The van der Waals surface area contributed by atoms with Crippen LogP contribution in [0.1, 0.15) is 15.9 Å². The van der Waals surface area contributed by atoms with Crippen LogP contribution in [0.3, 0.4) is 0 Å². The first-order chi connectivity index (χ1) is 14.0. The number of hydrogen-bond acceptors (Lipinski definition) is 4. The van der Waals surface area contributed by atoms with Gasteiger partial charge in [0.1, 0.15) is 11.5 Å². The third kappa shape index (κ3) is 4.70. The number of aliphatic hydroxyl groups excluding tert-OH is 1. The second kappa shape index (κ2) is 9.38. The monoisotopic (exact) mass is 430 g/mol. The van der Waals surface area contributed by atoms with Gasteiger partial charge in [0, 0.05) is 37.3 Å². The first-order valence-corrected chi connectivity index (χ1v) is 9.61. The Labute approximate surface area is 180 Å². The molecule has 1 aliphatic heterocycles. The van der Waals surface area contributed by atoms with E-state index in [0.29, 0.717) is 36.6 Å². The number of carbonyl (C=O) groups is 1. The highest BCUT2D eigenvalue weighted by Crippen LogP contribution is 2.24. The Morgan fingerprint density at radius 3 is 2.53 bits per heavy atom. The van der Waals surface area contributed by atoms with Crippen molar-refractivity contribution in [2.75, 3.05) is 19.6 Å². The van der Waals surface area contributed by atoms with Crippen molar-refractivity contribution < 1.29 is 14.3 Å². The summed E-state index contributed by atoms with van der Waals surface area (Å²) < 4.78 is 14.9. The van der Waals surface area contributed by atoms with Crippen LogP contribution in [0, 0.1) is 18.7 Å². The quantitative estimate of drug-likeness (QED) is 0.581. The Kier molecular flexibility index (Phi) is 6.87. The second-order valence-corrected chi connectivity index (χ2v) is 7.37. The predicted octanol–water partition coefficient (Wildman–Crippen LogP) is 2.72. The van der Waals surface area contributed by atoms with E-state index in [1.165, 1.54) is 12.1 Å². The van der Waals surface area contributed by atoms with Crippen LogP contribution in [0.2, 0.25) is 0 Å². The fourth-order valence-corrected chi connectivity index (χ4v) is 3.44. The van der Waals surface area contributed by atoms with E-state index in [-0.39, 0.29) is 30.0 Å². The normalized spacial score (nSPS) is 18.1. The summed E-state index contributed by atoms with van der Waals surface area (Å²) in [4.78, 5) is 12.9. The number of β-amino-alcohol motifs (C(OH)–C–C–N with tert-alkyl or cyclic N) is 1. The molecule has 0 saturated carbocycles. The molecule has 1 aliphatic rings. The van der Waals surface area contributed by atoms with E-state index in [2.05, 4.69) is 15.7 Å². The lowest BCUT2D eigenvalue weighted by atomic mass is 10.0. The van der Waals surface area contributed by atoms with Gasteiger partial charge in [-0.25, -0.2) is 9.07 Å². The molecule has 2 aromatic carbocycles. The highest BCUT2D eigenvalue weighted by Gasteiger charge is 2.26. The van der Waals surface area contributed by atoms with E-state index in [4.69, 9.17) is 0 Å². The lowest BCUT2D eigenvalue weighted by Crippen LogP contribution is -2.34. The number of halogens is 2. The summed E-state index contributed by atoms with van der Waals surface area (Å²) in [5.74, 6) is -0.608.